The van der Waals surface area contributed by atoms with Crippen molar-refractivity contribution in [2.24, 2.45) is 11.3 Å². The third-order valence-corrected chi connectivity index (χ3v) is 7.06. The van der Waals surface area contributed by atoms with Crippen LogP contribution in [0.1, 0.15) is 63.4 Å². The van der Waals surface area contributed by atoms with Gasteiger partial charge >= 0.3 is 0 Å². The molecule has 6 heteroatoms. The molecule has 0 amide bonds. The summed E-state index contributed by atoms with van der Waals surface area (Å²) in [6, 6.07) is 14.2. The third kappa shape index (κ3) is 4.33. The lowest BCUT2D eigenvalue weighted by atomic mass is 9.67. The second-order valence-electron chi connectivity index (χ2n) is 10.0. The smallest absolute Gasteiger partial charge is 0.181 e. The van der Waals surface area contributed by atoms with Gasteiger partial charge in [-0.2, -0.15) is 4.68 Å². The molecule has 1 saturated carbocycles. The summed E-state index contributed by atoms with van der Waals surface area (Å²) < 4.78 is 1.94. The van der Waals surface area contributed by atoms with Crippen LogP contribution in [0.4, 0.5) is 5.69 Å². The number of hydrogen-bond donors (Lipinski definition) is 1. The Morgan fingerprint density at radius 3 is 2.29 bits per heavy atom. The molecule has 1 aromatic heterocycles. The second kappa shape index (κ2) is 8.27. The van der Waals surface area contributed by atoms with Crippen LogP contribution in [0.5, 0.6) is 0 Å². The summed E-state index contributed by atoms with van der Waals surface area (Å²) in [5, 5.41) is 17.7. The number of rotatable bonds is 4. The average molecular weight is 438 g/mol. The SMILES string of the molecule is Cc1cccc(C)c1-n1nnnc1C1(Nc2cccc(Cl)c2)CCC(C(C)(C)C)CC1. The highest BCUT2D eigenvalue weighted by molar-refractivity contribution is 6.30. The maximum Gasteiger partial charge on any atom is 0.181 e. The molecule has 4 rings (SSSR count). The molecule has 3 aromatic rings. The zero-order valence-corrected chi connectivity index (χ0v) is 19.9. The summed E-state index contributed by atoms with van der Waals surface area (Å²) in [7, 11) is 0. The van der Waals surface area contributed by atoms with Gasteiger partial charge in [-0.15, -0.1) is 5.10 Å². The lowest BCUT2D eigenvalue weighted by Gasteiger charge is -2.44. The molecule has 0 radical (unpaired) electrons. The van der Waals surface area contributed by atoms with E-state index in [1.54, 1.807) is 0 Å². The molecule has 0 spiro atoms. The molecular formula is C25H32ClN5. The topological polar surface area (TPSA) is 55.6 Å². The van der Waals surface area contributed by atoms with Gasteiger partial charge in [0.1, 0.15) is 0 Å². The monoisotopic (exact) mass is 437 g/mol. The molecule has 0 unspecified atom stereocenters. The molecule has 2 aromatic carbocycles. The van der Waals surface area contributed by atoms with Gasteiger partial charge in [-0.05, 0) is 90.6 Å². The van der Waals surface area contributed by atoms with E-state index in [0.717, 1.165) is 59.0 Å². The molecule has 1 aliphatic rings. The number of nitrogens with zero attached hydrogens (tertiary/aromatic N) is 4. The van der Waals surface area contributed by atoms with Crippen molar-refractivity contribution in [1.82, 2.24) is 20.2 Å². The largest absolute Gasteiger partial charge is 0.373 e. The summed E-state index contributed by atoms with van der Waals surface area (Å²) in [6.45, 7) is 11.3. The lowest BCUT2D eigenvalue weighted by Crippen LogP contribution is -2.43. The highest BCUT2D eigenvalue weighted by Gasteiger charge is 2.44. The van der Waals surface area contributed by atoms with Gasteiger partial charge in [-0.3, -0.25) is 0 Å². The van der Waals surface area contributed by atoms with Gasteiger partial charge in [-0.25, -0.2) is 0 Å². The van der Waals surface area contributed by atoms with Gasteiger partial charge < -0.3 is 5.32 Å². The Morgan fingerprint density at radius 1 is 1.03 bits per heavy atom. The van der Waals surface area contributed by atoms with Crippen molar-refractivity contribution in [2.75, 3.05) is 5.32 Å². The van der Waals surface area contributed by atoms with E-state index in [4.69, 9.17) is 11.6 Å². The van der Waals surface area contributed by atoms with Crippen molar-refractivity contribution < 1.29 is 0 Å². The van der Waals surface area contributed by atoms with Crippen LogP contribution in [0, 0.1) is 25.2 Å². The maximum absolute atomic E-state index is 6.30. The van der Waals surface area contributed by atoms with Gasteiger partial charge in [0.2, 0.25) is 0 Å². The molecule has 1 fully saturated rings. The molecule has 31 heavy (non-hydrogen) atoms. The second-order valence-corrected chi connectivity index (χ2v) is 10.4. The van der Waals surface area contributed by atoms with Crippen molar-refractivity contribution in [2.45, 2.75) is 65.8 Å². The number of aromatic nitrogens is 4. The summed E-state index contributed by atoms with van der Waals surface area (Å²) in [5.74, 6) is 1.54. The Morgan fingerprint density at radius 2 is 1.68 bits per heavy atom. The highest BCUT2D eigenvalue weighted by atomic mass is 35.5. The van der Waals surface area contributed by atoms with Crippen LogP contribution in [-0.4, -0.2) is 20.2 Å². The standard InChI is InChI=1S/C25H32ClN5/c1-17-8-6-9-18(2)22(17)31-23(28-29-30-31)25(27-21-11-7-10-20(26)16-21)14-12-19(13-15-25)24(3,4)5/h6-11,16,19,27H,12-15H2,1-5H3. The number of anilines is 1. The van der Waals surface area contributed by atoms with Crippen molar-refractivity contribution in [3.05, 3.63) is 64.4 Å². The minimum atomic E-state index is -0.356. The average Bonchev–Trinajstić information content (AvgIpc) is 3.18. The van der Waals surface area contributed by atoms with E-state index >= 15 is 0 Å². The van der Waals surface area contributed by atoms with Crippen LogP contribution in [0.15, 0.2) is 42.5 Å². The number of para-hydroxylation sites is 1. The van der Waals surface area contributed by atoms with Crippen molar-refractivity contribution in [3.8, 4) is 5.69 Å². The zero-order chi connectivity index (χ0) is 22.2. The van der Waals surface area contributed by atoms with E-state index in [0.29, 0.717) is 11.3 Å². The van der Waals surface area contributed by atoms with Crippen molar-refractivity contribution >= 4 is 17.3 Å². The molecule has 1 aliphatic carbocycles. The lowest BCUT2D eigenvalue weighted by molar-refractivity contribution is 0.137. The molecule has 0 atom stereocenters. The van der Waals surface area contributed by atoms with E-state index in [1.165, 1.54) is 0 Å². The first-order valence-corrected chi connectivity index (χ1v) is 11.5. The van der Waals surface area contributed by atoms with Gasteiger partial charge in [0.25, 0.3) is 0 Å². The minimum absolute atomic E-state index is 0.292. The summed E-state index contributed by atoms with van der Waals surface area (Å²) in [5.41, 5.74) is 4.32. The van der Waals surface area contributed by atoms with Crippen LogP contribution >= 0.6 is 11.6 Å². The molecule has 164 valence electrons. The van der Waals surface area contributed by atoms with Gasteiger partial charge in [0.15, 0.2) is 5.82 Å². The molecular weight excluding hydrogens is 406 g/mol. The van der Waals surface area contributed by atoms with Crippen LogP contribution in [0.25, 0.3) is 5.69 Å². The van der Waals surface area contributed by atoms with E-state index in [-0.39, 0.29) is 5.54 Å². The summed E-state index contributed by atoms with van der Waals surface area (Å²) in [6.07, 6.45) is 4.17. The Hall–Kier alpha value is -2.40. The normalized spacial score (nSPS) is 21.8. The fraction of sp³-hybridized carbons (Fsp3) is 0.480. The Bertz CT molecular complexity index is 1040. The van der Waals surface area contributed by atoms with Crippen LogP contribution < -0.4 is 5.32 Å². The molecule has 1 N–H and O–H groups in total. The number of aryl methyl sites for hydroxylation is 2. The molecule has 1 heterocycles. The minimum Gasteiger partial charge on any atom is -0.373 e. The summed E-state index contributed by atoms with van der Waals surface area (Å²) in [4.78, 5) is 0. The first kappa shape index (κ1) is 21.8. The van der Waals surface area contributed by atoms with Gasteiger partial charge in [0, 0.05) is 10.7 Å². The van der Waals surface area contributed by atoms with Crippen LogP contribution in [0.3, 0.4) is 0 Å². The highest BCUT2D eigenvalue weighted by Crippen LogP contribution is 2.47. The molecule has 0 aliphatic heterocycles. The number of nitrogens with one attached hydrogen (secondary N) is 1. The Kier molecular flexibility index (Phi) is 5.82. The van der Waals surface area contributed by atoms with E-state index in [1.807, 2.05) is 22.9 Å². The first-order chi connectivity index (χ1) is 14.7. The third-order valence-electron chi connectivity index (χ3n) is 6.82. The number of hydrogen-bond acceptors (Lipinski definition) is 4. The summed E-state index contributed by atoms with van der Waals surface area (Å²) >= 11 is 6.30. The number of benzene rings is 2. The predicted octanol–water partition coefficient (Wildman–Crippen LogP) is 6.48. The molecule has 0 bridgehead atoms. The van der Waals surface area contributed by atoms with Crippen molar-refractivity contribution in [3.63, 3.8) is 0 Å². The van der Waals surface area contributed by atoms with Gasteiger partial charge in [-0.1, -0.05) is 56.6 Å². The zero-order valence-electron chi connectivity index (χ0n) is 19.1. The quantitative estimate of drug-likeness (QED) is 0.507. The first-order valence-electron chi connectivity index (χ1n) is 11.1. The van der Waals surface area contributed by atoms with E-state index in [2.05, 4.69) is 79.7 Å². The predicted molar refractivity (Wildman–Crippen MR) is 127 cm³/mol. The Balaban J connectivity index is 1.79. The van der Waals surface area contributed by atoms with Crippen LogP contribution in [0.2, 0.25) is 5.02 Å². The molecule has 5 nitrogen and oxygen atoms in total. The number of halogens is 1. The van der Waals surface area contributed by atoms with Crippen molar-refractivity contribution in [1.29, 1.82) is 0 Å². The fourth-order valence-corrected chi connectivity index (χ4v) is 5.19. The maximum atomic E-state index is 6.30. The Labute approximate surface area is 190 Å². The van der Waals surface area contributed by atoms with E-state index in [9.17, 15) is 0 Å². The number of tetrazole rings is 1. The van der Waals surface area contributed by atoms with Crippen LogP contribution in [-0.2, 0) is 5.54 Å². The van der Waals surface area contributed by atoms with E-state index < -0.39 is 0 Å². The fourth-order valence-electron chi connectivity index (χ4n) is 5.00. The van der Waals surface area contributed by atoms with Gasteiger partial charge in [0.05, 0.1) is 11.2 Å². The molecule has 0 saturated heterocycles.